The van der Waals surface area contributed by atoms with E-state index in [0.29, 0.717) is 36.9 Å². The zero-order valence-electron chi connectivity index (χ0n) is 20.8. The zero-order chi connectivity index (χ0) is 24.6. The van der Waals surface area contributed by atoms with Gasteiger partial charge in [-0.3, -0.25) is 0 Å². The molecule has 2 aliphatic rings. The lowest BCUT2D eigenvalue weighted by molar-refractivity contribution is -0.0823. The van der Waals surface area contributed by atoms with Crippen molar-refractivity contribution in [3.05, 3.63) is 34.9 Å². The van der Waals surface area contributed by atoms with Crippen molar-refractivity contribution in [1.82, 2.24) is 4.90 Å². The molecule has 4 atom stereocenters. The van der Waals surface area contributed by atoms with E-state index in [-0.39, 0.29) is 18.0 Å². The number of hydrogen-bond acceptors (Lipinski definition) is 4. The number of nitrogens with two attached hydrogens (primary N) is 2. The summed E-state index contributed by atoms with van der Waals surface area (Å²) in [6.45, 7) is 1.27. The summed E-state index contributed by atoms with van der Waals surface area (Å²) in [4.78, 5) is 14.3. The second-order valence-corrected chi connectivity index (χ2v) is 10.9. The van der Waals surface area contributed by atoms with Crippen molar-refractivity contribution in [3.63, 3.8) is 0 Å². The number of hydrogen-bond donors (Lipinski definition) is 3. The van der Waals surface area contributed by atoms with Crippen LogP contribution in [0.25, 0.3) is 0 Å². The minimum atomic E-state index is -1.12. The molecule has 1 aromatic rings. The highest BCUT2D eigenvalue weighted by molar-refractivity contribution is 6.30. The lowest BCUT2D eigenvalue weighted by Crippen LogP contribution is -2.57. The number of primary amides is 1. The zero-order valence-corrected chi connectivity index (χ0v) is 21.5. The Morgan fingerprint density at radius 3 is 2.65 bits per heavy atom. The van der Waals surface area contributed by atoms with E-state index < -0.39 is 11.6 Å². The number of aliphatic hydroxyl groups is 1. The van der Waals surface area contributed by atoms with Gasteiger partial charge in [0.2, 0.25) is 0 Å². The fourth-order valence-corrected chi connectivity index (χ4v) is 6.57. The second kappa shape index (κ2) is 13.1. The molecule has 7 heteroatoms. The highest BCUT2D eigenvalue weighted by Gasteiger charge is 2.47. The lowest BCUT2D eigenvalue weighted by Gasteiger charge is -2.49. The summed E-state index contributed by atoms with van der Waals surface area (Å²) >= 11 is 6.35. The fraction of sp³-hybridized carbons (Fsp3) is 0.741. The third-order valence-corrected chi connectivity index (χ3v) is 8.30. The highest BCUT2D eigenvalue weighted by atomic mass is 35.5. The molecule has 1 saturated carbocycles. The van der Waals surface area contributed by atoms with Crippen LogP contribution in [-0.4, -0.2) is 48.4 Å². The van der Waals surface area contributed by atoms with Crippen molar-refractivity contribution >= 4 is 17.6 Å². The predicted octanol–water partition coefficient (Wildman–Crippen LogP) is 5.19. The maximum absolute atomic E-state index is 12.5. The van der Waals surface area contributed by atoms with Gasteiger partial charge in [0.25, 0.3) is 0 Å². The Hall–Kier alpha value is -1.34. The predicted molar refractivity (Wildman–Crippen MR) is 138 cm³/mol. The molecule has 1 aromatic carbocycles. The van der Waals surface area contributed by atoms with Gasteiger partial charge in [-0.15, -0.1) is 0 Å². The molecule has 0 aromatic heterocycles. The molecule has 0 bridgehead atoms. The van der Waals surface area contributed by atoms with E-state index in [1.54, 1.807) is 12.0 Å². The second-order valence-electron chi connectivity index (χ2n) is 10.5. The summed E-state index contributed by atoms with van der Waals surface area (Å²) in [6.07, 6.45) is 11.9. The van der Waals surface area contributed by atoms with Crippen LogP contribution in [0, 0.1) is 11.8 Å². The number of methoxy groups -OCH3 is 1. The maximum atomic E-state index is 12.5. The standard InChI is InChI=1S/C27H44ClN3O3/c1-34-16-6-5-14-27(33,21-11-7-12-22(28)18-21)24-13-8-15-31(26(30)32)25(24)19-23(29)17-20-9-3-2-4-10-20/h7,11-12,18,20,23-25,33H,2-6,8-10,13-17,19,29H2,1H3,(H2,30,32)/t23-,24?,25?,27+/m0/s1. The van der Waals surface area contributed by atoms with Crippen LogP contribution in [0.5, 0.6) is 0 Å². The summed E-state index contributed by atoms with van der Waals surface area (Å²) < 4.78 is 5.23. The van der Waals surface area contributed by atoms with E-state index in [4.69, 9.17) is 27.8 Å². The number of carbonyl (C=O) groups excluding carboxylic acids is 1. The molecule has 6 nitrogen and oxygen atoms in total. The van der Waals surface area contributed by atoms with Gasteiger partial charge < -0.3 is 26.2 Å². The van der Waals surface area contributed by atoms with Crippen LogP contribution in [0.1, 0.15) is 82.6 Å². The molecule has 2 unspecified atom stereocenters. The largest absolute Gasteiger partial charge is 0.385 e. The number of piperidine rings is 1. The molecule has 5 N–H and O–H groups in total. The van der Waals surface area contributed by atoms with Gasteiger partial charge in [0.05, 0.1) is 5.60 Å². The first-order valence-corrected chi connectivity index (χ1v) is 13.5. The first-order chi connectivity index (χ1) is 16.3. The Bertz CT molecular complexity index is 773. The number of nitrogens with zero attached hydrogens (tertiary/aromatic N) is 1. The summed E-state index contributed by atoms with van der Waals surface area (Å²) in [5.41, 5.74) is 12.2. The van der Waals surface area contributed by atoms with E-state index in [2.05, 4.69) is 0 Å². The van der Waals surface area contributed by atoms with Gasteiger partial charge in [-0.05, 0) is 68.6 Å². The molecule has 1 heterocycles. The van der Waals surface area contributed by atoms with Crippen LogP contribution < -0.4 is 11.5 Å². The number of ether oxygens (including phenoxy) is 1. The number of likely N-dealkylation sites (tertiary alicyclic amines) is 1. The molecule has 0 spiro atoms. The number of carbonyl (C=O) groups is 1. The van der Waals surface area contributed by atoms with Crippen LogP contribution in [0.3, 0.4) is 0 Å². The van der Waals surface area contributed by atoms with Crippen LogP contribution in [0.4, 0.5) is 4.79 Å². The summed E-state index contributed by atoms with van der Waals surface area (Å²) in [5.74, 6) is 0.501. The highest BCUT2D eigenvalue weighted by Crippen LogP contribution is 2.44. The van der Waals surface area contributed by atoms with Gasteiger partial charge in [-0.25, -0.2) is 4.79 Å². The minimum absolute atomic E-state index is 0.0207. The SMILES string of the molecule is COCCCC[C@@](O)(c1cccc(Cl)c1)C1CCCN(C(N)=O)C1C[C@@H](N)CC1CCCCC1. The Labute approximate surface area is 210 Å². The van der Waals surface area contributed by atoms with Gasteiger partial charge in [-0.2, -0.15) is 0 Å². The number of unbranched alkanes of at least 4 members (excludes halogenated alkanes) is 1. The van der Waals surface area contributed by atoms with Crippen LogP contribution in [-0.2, 0) is 10.3 Å². The topological polar surface area (TPSA) is 102 Å². The van der Waals surface area contributed by atoms with Gasteiger partial charge in [0.1, 0.15) is 0 Å². The number of rotatable bonds is 11. The molecule has 1 saturated heterocycles. The molecule has 1 aliphatic carbocycles. The fourth-order valence-electron chi connectivity index (χ4n) is 6.38. The van der Waals surface area contributed by atoms with Crippen molar-refractivity contribution in [2.75, 3.05) is 20.3 Å². The first kappa shape index (κ1) is 27.3. The third-order valence-electron chi connectivity index (χ3n) is 8.06. The van der Waals surface area contributed by atoms with Crippen LogP contribution in [0.15, 0.2) is 24.3 Å². The van der Waals surface area contributed by atoms with Gasteiger partial charge in [-0.1, -0.05) is 55.8 Å². The molecule has 2 fully saturated rings. The van der Waals surface area contributed by atoms with Gasteiger partial charge in [0.15, 0.2) is 0 Å². The molecule has 1 aliphatic heterocycles. The van der Waals surface area contributed by atoms with Crippen molar-refractivity contribution in [2.45, 2.75) is 94.7 Å². The van der Waals surface area contributed by atoms with E-state index >= 15 is 0 Å². The van der Waals surface area contributed by atoms with Gasteiger partial charge >= 0.3 is 6.03 Å². The Morgan fingerprint density at radius 2 is 1.97 bits per heavy atom. The average molecular weight is 494 g/mol. The van der Waals surface area contributed by atoms with E-state index in [1.807, 2.05) is 24.3 Å². The van der Waals surface area contributed by atoms with Crippen molar-refractivity contribution < 1.29 is 14.6 Å². The Morgan fingerprint density at radius 1 is 1.21 bits per heavy atom. The monoisotopic (exact) mass is 493 g/mol. The number of halogens is 1. The molecular weight excluding hydrogens is 450 g/mol. The summed E-state index contributed by atoms with van der Waals surface area (Å²) in [7, 11) is 1.69. The third kappa shape index (κ3) is 7.09. The number of amides is 2. The minimum Gasteiger partial charge on any atom is -0.385 e. The van der Waals surface area contributed by atoms with Crippen molar-refractivity contribution in [3.8, 4) is 0 Å². The smallest absolute Gasteiger partial charge is 0.315 e. The lowest BCUT2D eigenvalue weighted by atomic mass is 9.68. The Balaban J connectivity index is 1.87. The number of urea groups is 1. The van der Waals surface area contributed by atoms with E-state index in [9.17, 15) is 9.90 Å². The van der Waals surface area contributed by atoms with Crippen molar-refractivity contribution in [1.29, 1.82) is 0 Å². The van der Waals surface area contributed by atoms with E-state index in [1.165, 1.54) is 32.1 Å². The molecule has 34 heavy (non-hydrogen) atoms. The quantitative estimate of drug-likeness (QED) is 0.369. The number of benzene rings is 1. The molecular formula is C27H44ClN3O3. The average Bonchev–Trinajstić information content (AvgIpc) is 2.82. The normalized spacial score (nSPS) is 24.5. The van der Waals surface area contributed by atoms with E-state index in [0.717, 1.165) is 37.7 Å². The molecule has 192 valence electrons. The Kier molecular flexibility index (Phi) is 10.5. The van der Waals surface area contributed by atoms with Crippen LogP contribution in [0.2, 0.25) is 5.02 Å². The maximum Gasteiger partial charge on any atom is 0.315 e. The molecule has 2 amide bonds. The van der Waals surface area contributed by atoms with Gasteiger partial charge in [0, 0.05) is 43.3 Å². The summed E-state index contributed by atoms with van der Waals surface area (Å²) in [5, 5.41) is 12.9. The summed E-state index contributed by atoms with van der Waals surface area (Å²) in [6, 6.07) is 6.88. The molecule has 3 rings (SSSR count). The van der Waals surface area contributed by atoms with Crippen molar-refractivity contribution in [2.24, 2.45) is 23.3 Å². The first-order valence-electron chi connectivity index (χ1n) is 13.1. The van der Waals surface area contributed by atoms with Crippen LogP contribution >= 0.6 is 11.6 Å². The molecule has 0 radical (unpaired) electrons.